The predicted octanol–water partition coefficient (Wildman–Crippen LogP) is 4.33. The summed E-state index contributed by atoms with van der Waals surface area (Å²) in [6, 6.07) is 5.69. The summed E-state index contributed by atoms with van der Waals surface area (Å²) in [5.74, 6) is 0.0924. The molecule has 0 atom stereocenters. The Kier molecular flexibility index (Phi) is 7.70. The van der Waals surface area contributed by atoms with Crippen molar-refractivity contribution in [2.45, 2.75) is 40.5 Å². The van der Waals surface area contributed by atoms with Gasteiger partial charge in [-0.25, -0.2) is 0 Å². The van der Waals surface area contributed by atoms with Crippen LogP contribution >= 0.6 is 0 Å². The van der Waals surface area contributed by atoms with Crippen LogP contribution in [0.5, 0.6) is 23.0 Å². The van der Waals surface area contributed by atoms with Crippen LogP contribution in [0.1, 0.15) is 40.5 Å². The highest BCUT2D eigenvalue weighted by Crippen LogP contribution is 2.52. The summed E-state index contributed by atoms with van der Waals surface area (Å²) in [7, 11) is 2.90. The minimum atomic E-state index is -0.405. The van der Waals surface area contributed by atoms with Crippen LogP contribution in [0.4, 0.5) is 5.69 Å². The Hall–Kier alpha value is -2.96. The number of hydrogen-bond donors (Lipinski definition) is 0. The molecular formula is C22H29NO6. The molecule has 7 nitrogen and oxygen atoms in total. The molecule has 158 valence electrons. The van der Waals surface area contributed by atoms with Crippen molar-refractivity contribution in [1.29, 1.82) is 0 Å². The van der Waals surface area contributed by atoms with Gasteiger partial charge in [0.1, 0.15) is 0 Å². The molecule has 2 rings (SSSR count). The monoisotopic (exact) mass is 403 g/mol. The van der Waals surface area contributed by atoms with Gasteiger partial charge in [0.25, 0.3) is 0 Å². The molecule has 0 bridgehead atoms. The molecule has 0 saturated carbocycles. The number of fused-ring (bicyclic) bond motifs is 1. The fraction of sp³-hybridized carbons (Fsp3) is 0.455. The maximum Gasteiger partial charge on any atom is 0.311 e. The van der Waals surface area contributed by atoms with Gasteiger partial charge in [-0.2, -0.15) is 0 Å². The minimum absolute atomic E-state index is 0.204. The fourth-order valence-corrected chi connectivity index (χ4v) is 3.10. The molecule has 0 fully saturated rings. The molecule has 0 amide bonds. The minimum Gasteiger partial charge on any atom is -0.490 e. The number of rotatable bonds is 9. The molecule has 7 heteroatoms. The van der Waals surface area contributed by atoms with Crippen LogP contribution < -0.4 is 23.8 Å². The van der Waals surface area contributed by atoms with Gasteiger partial charge in [0.2, 0.25) is 11.5 Å². The molecule has 0 saturated heterocycles. The van der Waals surface area contributed by atoms with Gasteiger partial charge in [0, 0.05) is 42.4 Å². The number of carbonyl (C=O) groups excluding carboxylic acids is 2. The molecule has 0 aliphatic rings. The number of anilines is 1. The van der Waals surface area contributed by atoms with Crippen LogP contribution in [0.2, 0.25) is 0 Å². The third-order valence-corrected chi connectivity index (χ3v) is 4.66. The zero-order valence-electron chi connectivity index (χ0n) is 18.0. The SMILES string of the molecule is CCC(=O)Oc1c(OC)c(OC)c(OC(=O)CC)c2cc(N(CC)CC)ccc12. The lowest BCUT2D eigenvalue weighted by atomic mass is 10.0. The van der Waals surface area contributed by atoms with E-state index in [9.17, 15) is 9.59 Å². The number of methoxy groups -OCH3 is 2. The third kappa shape index (κ3) is 4.55. The van der Waals surface area contributed by atoms with Crippen molar-refractivity contribution in [3.05, 3.63) is 18.2 Å². The van der Waals surface area contributed by atoms with E-state index in [1.54, 1.807) is 13.8 Å². The molecule has 0 N–H and O–H groups in total. The largest absolute Gasteiger partial charge is 0.490 e. The van der Waals surface area contributed by atoms with Crippen LogP contribution in [0, 0.1) is 0 Å². The second kappa shape index (κ2) is 10.0. The Balaban J connectivity index is 2.89. The van der Waals surface area contributed by atoms with Crippen molar-refractivity contribution < 1.29 is 28.5 Å². The highest BCUT2D eigenvalue weighted by molar-refractivity contribution is 6.02. The first-order valence-corrected chi connectivity index (χ1v) is 9.83. The Labute approximate surface area is 171 Å². The van der Waals surface area contributed by atoms with Gasteiger partial charge in [0.05, 0.1) is 14.2 Å². The second-order valence-corrected chi connectivity index (χ2v) is 6.28. The van der Waals surface area contributed by atoms with E-state index in [0.717, 1.165) is 18.8 Å². The number of hydrogen-bond acceptors (Lipinski definition) is 7. The van der Waals surface area contributed by atoms with Gasteiger partial charge >= 0.3 is 11.9 Å². The molecule has 0 radical (unpaired) electrons. The molecule has 2 aromatic rings. The van der Waals surface area contributed by atoms with E-state index in [1.165, 1.54) is 14.2 Å². The third-order valence-electron chi connectivity index (χ3n) is 4.66. The summed E-state index contributed by atoms with van der Waals surface area (Å²) in [5, 5.41) is 1.20. The number of ether oxygens (including phenoxy) is 4. The maximum absolute atomic E-state index is 12.1. The van der Waals surface area contributed by atoms with E-state index in [0.29, 0.717) is 10.8 Å². The average Bonchev–Trinajstić information content (AvgIpc) is 2.75. The summed E-state index contributed by atoms with van der Waals surface area (Å²) >= 11 is 0. The first kappa shape index (κ1) is 22.3. The molecule has 2 aromatic carbocycles. The molecule has 0 unspecified atom stereocenters. The second-order valence-electron chi connectivity index (χ2n) is 6.28. The quantitative estimate of drug-likeness (QED) is 0.455. The van der Waals surface area contributed by atoms with Crippen molar-refractivity contribution in [3.63, 3.8) is 0 Å². The first-order chi connectivity index (χ1) is 13.9. The molecule has 0 aliphatic carbocycles. The lowest BCUT2D eigenvalue weighted by Crippen LogP contribution is -2.21. The van der Waals surface area contributed by atoms with Crippen LogP contribution in [0.3, 0.4) is 0 Å². The molecular weight excluding hydrogens is 374 g/mol. The van der Waals surface area contributed by atoms with Crippen molar-refractivity contribution in [2.75, 3.05) is 32.2 Å². The van der Waals surface area contributed by atoms with Crippen LogP contribution in [-0.4, -0.2) is 39.2 Å². The topological polar surface area (TPSA) is 74.3 Å². The fourth-order valence-electron chi connectivity index (χ4n) is 3.10. The van der Waals surface area contributed by atoms with E-state index in [-0.39, 0.29) is 35.8 Å². The number of carbonyl (C=O) groups is 2. The lowest BCUT2D eigenvalue weighted by molar-refractivity contribution is -0.135. The summed E-state index contributed by atoms with van der Waals surface area (Å²) in [6.45, 7) is 9.19. The zero-order valence-corrected chi connectivity index (χ0v) is 18.0. The van der Waals surface area contributed by atoms with Gasteiger partial charge in [-0.15, -0.1) is 0 Å². The Morgan fingerprint density at radius 1 is 0.759 bits per heavy atom. The van der Waals surface area contributed by atoms with Gasteiger partial charge in [-0.3, -0.25) is 9.59 Å². The van der Waals surface area contributed by atoms with Crippen LogP contribution in [0.15, 0.2) is 18.2 Å². The van der Waals surface area contributed by atoms with Gasteiger partial charge < -0.3 is 23.8 Å². The molecule has 0 spiro atoms. The van der Waals surface area contributed by atoms with Gasteiger partial charge in [0.15, 0.2) is 11.5 Å². The van der Waals surface area contributed by atoms with E-state index in [2.05, 4.69) is 18.7 Å². The first-order valence-electron chi connectivity index (χ1n) is 9.83. The normalized spacial score (nSPS) is 10.6. The summed E-state index contributed by atoms with van der Waals surface area (Å²) in [4.78, 5) is 26.3. The Morgan fingerprint density at radius 2 is 1.24 bits per heavy atom. The average molecular weight is 403 g/mol. The van der Waals surface area contributed by atoms with E-state index in [4.69, 9.17) is 18.9 Å². The summed E-state index contributed by atoms with van der Waals surface area (Å²) in [5.41, 5.74) is 0.955. The molecule has 0 aromatic heterocycles. The zero-order chi connectivity index (χ0) is 21.6. The highest BCUT2D eigenvalue weighted by Gasteiger charge is 2.27. The van der Waals surface area contributed by atoms with E-state index in [1.807, 2.05) is 18.2 Å². The number of benzene rings is 2. The van der Waals surface area contributed by atoms with Crippen molar-refractivity contribution in [3.8, 4) is 23.0 Å². The molecule has 0 aliphatic heterocycles. The van der Waals surface area contributed by atoms with Crippen molar-refractivity contribution >= 4 is 28.4 Å². The number of esters is 2. The summed E-state index contributed by atoms with van der Waals surface area (Å²) in [6.07, 6.45) is 0.409. The lowest BCUT2D eigenvalue weighted by Gasteiger charge is -2.23. The predicted molar refractivity (Wildman–Crippen MR) is 112 cm³/mol. The molecule has 29 heavy (non-hydrogen) atoms. The van der Waals surface area contributed by atoms with Crippen molar-refractivity contribution in [1.82, 2.24) is 0 Å². The molecule has 0 heterocycles. The maximum atomic E-state index is 12.1. The number of nitrogens with zero attached hydrogens (tertiary/aromatic N) is 1. The van der Waals surface area contributed by atoms with E-state index >= 15 is 0 Å². The van der Waals surface area contributed by atoms with Crippen LogP contribution in [-0.2, 0) is 9.59 Å². The summed E-state index contributed by atoms with van der Waals surface area (Å²) < 4.78 is 22.2. The van der Waals surface area contributed by atoms with Crippen molar-refractivity contribution in [2.24, 2.45) is 0 Å². The Bertz CT molecular complexity index is 889. The van der Waals surface area contributed by atoms with Gasteiger partial charge in [-0.1, -0.05) is 13.8 Å². The van der Waals surface area contributed by atoms with E-state index < -0.39 is 11.9 Å². The smallest absolute Gasteiger partial charge is 0.311 e. The highest BCUT2D eigenvalue weighted by atomic mass is 16.6. The standard InChI is InChI=1S/C22H29NO6/c1-7-17(24)28-19-15-12-11-14(23(9-3)10-4)13-16(15)20(29-18(25)8-2)22(27-6)21(19)26-5/h11-13H,7-10H2,1-6H3. The van der Waals surface area contributed by atoms with Gasteiger partial charge in [-0.05, 0) is 32.0 Å². The van der Waals surface area contributed by atoms with Crippen LogP contribution in [0.25, 0.3) is 10.8 Å². The Morgan fingerprint density at radius 3 is 1.66 bits per heavy atom.